The van der Waals surface area contributed by atoms with Gasteiger partial charge in [0, 0.05) is 27.1 Å². The average molecular weight is 541 g/mol. The molecule has 0 atom stereocenters. The molecule has 1 heterocycles. The van der Waals surface area contributed by atoms with Crippen LogP contribution in [0, 0.1) is 17.1 Å². The molecule has 42 heavy (non-hydrogen) atoms. The maximum atomic E-state index is 13.8. The van der Waals surface area contributed by atoms with E-state index in [9.17, 15) is 9.65 Å². The van der Waals surface area contributed by atoms with Gasteiger partial charge in [0.25, 0.3) is 0 Å². The average Bonchev–Trinajstić information content (AvgIpc) is 3.25. The Morgan fingerprint density at radius 3 is 2.12 bits per heavy atom. The van der Waals surface area contributed by atoms with E-state index in [4.69, 9.17) is 4.98 Å². The smallest absolute Gasteiger partial charge is 0.123 e. The largest absolute Gasteiger partial charge is 0.247 e. The summed E-state index contributed by atoms with van der Waals surface area (Å²) in [4.78, 5) is 5.04. The fourth-order valence-electron chi connectivity index (χ4n) is 6.86. The molecule has 7 aromatic rings. The van der Waals surface area contributed by atoms with E-state index in [1.165, 1.54) is 45.3 Å². The van der Waals surface area contributed by atoms with E-state index in [0.717, 1.165) is 43.9 Å². The van der Waals surface area contributed by atoms with Crippen LogP contribution in [0.4, 0.5) is 4.39 Å². The molecule has 0 amide bonds. The second-order valence-corrected chi connectivity index (χ2v) is 11.6. The Kier molecular flexibility index (Phi) is 5.15. The molecule has 0 saturated carbocycles. The highest BCUT2D eigenvalue weighted by Gasteiger charge is 2.35. The second-order valence-electron chi connectivity index (χ2n) is 11.6. The zero-order valence-electron chi connectivity index (χ0n) is 23.2. The molecule has 0 bridgehead atoms. The maximum Gasteiger partial charge on any atom is 0.123 e. The minimum atomic E-state index is -0.259. The normalized spacial score (nSPS) is 13.3. The fraction of sp³-hybridized carbons (Fsp3) is 0.0769. The van der Waals surface area contributed by atoms with Gasteiger partial charge in [0.15, 0.2) is 0 Å². The molecule has 0 unspecified atom stereocenters. The van der Waals surface area contributed by atoms with Crippen LogP contribution in [0.25, 0.3) is 66.0 Å². The van der Waals surface area contributed by atoms with E-state index in [0.29, 0.717) is 5.56 Å². The highest BCUT2D eigenvalue weighted by atomic mass is 19.1. The number of pyridine rings is 1. The third kappa shape index (κ3) is 3.45. The summed E-state index contributed by atoms with van der Waals surface area (Å²) in [7, 11) is 0. The lowest BCUT2D eigenvalue weighted by Gasteiger charge is -2.22. The van der Waals surface area contributed by atoms with Crippen LogP contribution in [0.2, 0.25) is 0 Å². The van der Waals surface area contributed by atoms with Gasteiger partial charge >= 0.3 is 0 Å². The molecule has 0 N–H and O–H groups in total. The Bertz CT molecular complexity index is 2290. The third-order valence-electron chi connectivity index (χ3n) is 8.96. The summed E-state index contributed by atoms with van der Waals surface area (Å²) < 4.78 is 13.8. The predicted octanol–water partition coefficient (Wildman–Crippen LogP) is 10.2. The minimum absolute atomic E-state index is 0.212. The second kappa shape index (κ2) is 8.83. The third-order valence-corrected chi connectivity index (χ3v) is 8.96. The van der Waals surface area contributed by atoms with Gasteiger partial charge < -0.3 is 0 Å². The molecule has 8 rings (SSSR count). The van der Waals surface area contributed by atoms with E-state index >= 15 is 0 Å². The summed E-state index contributed by atoms with van der Waals surface area (Å²) in [5, 5.41) is 15.1. The van der Waals surface area contributed by atoms with Crippen molar-refractivity contribution in [1.82, 2.24) is 4.98 Å². The highest BCUT2D eigenvalue weighted by molar-refractivity contribution is 6.24. The number of nitrogens with zero attached hydrogens (tertiary/aromatic N) is 2. The van der Waals surface area contributed by atoms with Crippen molar-refractivity contribution >= 4 is 32.4 Å². The van der Waals surface area contributed by atoms with Gasteiger partial charge in [-0.3, -0.25) is 0 Å². The molecule has 0 aliphatic heterocycles. The molecular weight excluding hydrogens is 515 g/mol. The molecule has 6 aromatic carbocycles. The molecule has 1 aliphatic carbocycles. The van der Waals surface area contributed by atoms with Gasteiger partial charge in [-0.1, -0.05) is 80.6 Å². The molecule has 2 nitrogen and oxygen atoms in total. The first-order valence-corrected chi connectivity index (χ1v) is 14.1. The fourth-order valence-corrected chi connectivity index (χ4v) is 6.86. The number of hydrogen-bond donors (Lipinski definition) is 0. The Morgan fingerprint density at radius 2 is 1.31 bits per heavy atom. The van der Waals surface area contributed by atoms with Crippen molar-refractivity contribution < 1.29 is 4.39 Å². The summed E-state index contributed by atoms with van der Waals surface area (Å²) in [5.41, 5.74) is 10.4. The zero-order chi connectivity index (χ0) is 28.6. The number of para-hydroxylation sites is 1. The maximum absolute atomic E-state index is 13.8. The summed E-state index contributed by atoms with van der Waals surface area (Å²) in [6.07, 6.45) is 0. The SMILES string of the molecule is CC1(C)c2cc(C#N)ccc2-c2ccc(-c3cccc4c3ccc3c(-c5ccc(F)cc5)nc5ccccc5c34)cc21. The minimum Gasteiger partial charge on any atom is -0.247 e. The topological polar surface area (TPSA) is 36.7 Å². The molecule has 1 aromatic heterocycles. The predicted molar refractivity (Wildman–Crippen MR) is 170 cm³/mol. The number of fused-ring (bicyclic) bond motifs is 8. The van der Waals surface area contributed by atoms with Crippen LogP contribution in [0.1, 0.15) is 30.5 Å². The van der Waals surface area contributed by atoms with Crippen molar-refractivity contribution in [3.05, 3.63) is 138 Å². The van der Waals surface area contributed by atoms with Gasteiger partial charge in [-0.15, -0.1) is 0 Å². The molecule has 1 aliphatic rings. The number of rotatable bonds is 2. The van der Waals surface area contributed by atoms with E-state index in [2.05, 4.69) is 86.6 Å². The Labute approximate surface area is 243 Å². The van der Waals surface area contributed by atoms with Crippen molar-refractivity contribution in [2.45, 2.75) is 19.3 Å². The summed E-state index contributed by atoms with van der Waals surface area (Å²) in [6.45, 7) is 4.49. The first kappa shape index (κ1) is 24.5. The van der Waals surface area contributed by atoms with Crippen molar-refractivity contribution in [2.24, 2.45) is 0 Å². The van der Waals surface area contributed by atoms with Crippen LogP contribution >= 0.6 is 0 Å². The molecule has 0 spiro atoms. The molecule has 3 heteroatoms. The van der Waals surface area contributed by atoms with Gasteiger partial charge in [-0.2, -0.15) is 5.26 Å². The van der Waals surface area contributed by atoms with Crippen molar-refractivity contribution in [3.8, 4) is 39.6 Å². The lowest BCUT2D eigenvalue weighted by atomic mass is 9.81. The molecular formula is C39H25FN2. The monoisotopic (exact) mass is 540 g/mol. The Morgan fingerprint density at radius 1 is 0.619 bits per heavy atom. The molecule has 0 radical (unpaired) electrons. The van der Waals surface area contributed by atoms with Gasteiger partial charge in [0.1, 0.15) is 5.82 Å². The standard InChI is InChI=1S/C39H25FN2/c1-39(2)34-20-23(22-41)10-16-29(34)30-17-13-25(21-35(30)39)27-7-5-8-31-28(27)18-19-33-37(31)32-6-3-4-9-36(32)42-38(33)24-11-14-26(40)15-12-24/h3-21H,1-2H3. The van der Waals surface area contributed by atoms with Crippen LogP contribution in [-0.4, -0.2) is 4.98 Å². The molecule has 0 fully saturated rings. The number of nitriles is 1. The summed E-state index contributed by atoms with van der Waals surface area (Å²) in [6, 6.07) is 40.8. The summed E-state index contributed by atoms with van der Waals surface area (Å²) >= 11 is 0. The highest BCUT2D eigenvalue weighted by Crippen LogP contribution is 2.50. The van der Waals surface area contributed by atoms with Crippen molar-refractivity contribution in [3.63, 3.8) is 0 Å². The van der Waals surface area contributed by atoms with Crippen LogP contribution in [0.5, 0.6) is 0 Å². The Hall–Kier alpha value is -5.33. The van der Waals surface area contributed by atoms with Crippen LogP contribution in [0.3, 0.4) is 0 Å². The number of hydrogen-bond acceptors (Lipinski definition) is 2. The van der Waals surface area contributed by atoms with Crippen LogP contribution in [-0.2, 0) is 5.41 Å². The molecule has 198 valence electrons. The first-order chi connectivity index (χ1) is 20.4. The molecule has 0 saturated heterocycles. The summed E-state index contributed by atoms with van der Waals surface area (Å²) in [5.74, 6) is -0.259. The van der Waals surface area contributed by atoms with Crippen molar-refractivity contribution in [1.29, 1.82) is 5.26 Å². The lowest BCUT2D eigenvalue weighted by Crippen LogP contribution is -2.15. The van der Waals surface area contributed by atoms with E-state index in [1.54, 1.807) is 12.1 Å². The number of benzene rings is 6. The lowest BCUT2D eigenvalue weighted by molar-refractivity contribution is 0.628. The van der Waals surface area contributed by atoms with Crippen LogP contribution < -0.4 is 0 Å². The van der Waals surface area contributed by atoms with Gasteiger partial charge in [-0.05, 0) is 92.7 Å². The number of aromatic nitrogens is 1. The van der Waals surface area contributed by atoms with E-state index < -0.39 is 0 Å². The zero-order valence-corrected chi connectivity index (χ0v) is 23.2. The van der Waals surface area contributed by atoms with Gasteiger partial charge in [-0.25, -0.2) is 9.37 Å². The van der Waals surface area contributed by atoms with Crippen LogP contribution in [0.15, 0.2) is 115 Å². The van der Waals surface area contributed by atoms with E-state index in [-0.39, 0.29) is 11.2 Å². The Balaban J connectivity index is 1.38. The van der Waals surface area contributed by atoms with E-state index in [1.807, 2.05) is 24.3 Å². The number of halogens is 1. The van der Waals surface area contributed by atoms with Gasteiger partial charge in [0.05, 0.1) is 22.8 Å². The first-order valence-electron chi connectivity index (χ1n) is 14.1. The van der Waals surface area contributed by atoms with Gasteiger partial charge in [0.2, 0.25) is 0 Å². The van der Waals surface area contributed by atoms with Crippen molar-refractivity contribution in [2.75, 3.05) is 0 Å². The quantitative estimate of drug-likeness (QED) is 0.205.